The summed E-state index contributed by atoms with van der Waals surface area (Å²) in [6.45, 7) is 0.580. The predicted octanol–water partition coefficient (Wildman–Crippen LogP) is -0.0491. The van der Waals surface area contributed by atoms with Gasteiger partial charge in [-0.3, -0.25) is 4.79 Å². The summed E-state index contributed by atoms with van der Waals surface area (Å²) in [5, 5.41) is 27.9. The first-order valence-electron chi connectivity index (χ1n) is 6.70. The third kappa shape index (κ3) is 3.02. The van der Waals surface area contributed by atoms with Crippen molar-refractivity contribution in [1.29, 1.82) is 0 Å². The van der Waals surface area contributed by atoms with Gasteiger partial charge in [-0.15, -0.1) is 0 Å². The number of carbonyl (C=O) groups excluding carboxylic acids is 1. The molecule has 2 rings (SSSR count). The Morgan fingerprint density at radius 3 is 2.80 bits per heavy atom. The average molecular weight is 280 g/mol. The number of phenols is 2. The van der Waals surface area contributed by atoms with Crippen molar-refractivity contribution >= 4 is 5.91 Å². The minimum Gasteiger partial charge on any atom is -0.504 e. The molecule has 1 saturated heterocycles. The Bertz CT molecular complexity index is 492. The van der Waals surface area contributed by atoms with Crippen LogP contribution in [0, 0.1) is 0 Å². The second-order valence-electron chi connectivity index (χ2n) is 5.14. The number of aliphatic hydroxyl groups is 1. The van der Waals surface area contributed by atoms with E-state index in [-0.39, 0.29) is 36.5 Å². The quantitative estimate of drug-likeness (QED) is 0.579. The highest BCUT2D eigenvalue weighted by Gasteiger charge is 2.31. The number of hydrogen-bond acceptors (Lipinski definition) is 5. The molecule has 5 N–H and O–H groups in total. The standard InChI is InChI=1S/C14H20N2O4/c15-11(6-9-3-4-12(18)13(19)7-9)14(20)16-5-1-2-10(16)8-17/h3-4,7,10-11,17-19H,1-2,5-6,8,15H2/t10?,11-/m0/s1. The van der Waals surface area contributed by atoms with Crippen LogP contribution in [0.5, 0.6) is 11.5 Å². The topological polar surface area (TPSA) is 107 Å². The summed E-state index contributed by atoms with van der Waals surface area (Å²) < 4.78 is 0. The molecule has 1 unspecified atom stereocenters. The first-order chi connectivity index (χ1) is 9.52. The fraction of sp³-hybridized carbons (Fsp3) is 0.500. The highest BCUT2D eigenvalue weighted by Crippen LogP contribution is 2.25. The van der Waals surface area contributed by atoms with Crippen molar-refractivity contribution in [3.8, 4) is 11.5 Å². The van der Waals surface area contributed by atoms with Gasteiger partial charge in [-0.1, -0.05) is 6.07 Å². The van der Waals surface area contributed by atoms with Crippen molar-refractivity contribution in [3.63, 3.8) is 0 Å². The molecule has 2 atom stereocenters. The molecule has 6 heteroatoms. The molecule has 1 aliphatic rings. The molecule has 0 aliphatic carbocycles. The van der Waals surface area contributed by atoms with E-state index in [0.717, 1.165) is 12.8 Å². The third-order valence-electron chi connectivity index (χ3n) is 3.68. The molecule has 1 fully saturated rings. The molecule has 0 saturated carbocycles. The van der Waals surface area contributed by atoms with Gasteiger partial charge in [-0.2, -0.15) is 0 Å². The molecular formula is C14H20N2O4. The molecule has 1 aromatic carbocycles. The molecule has 0 radical (unpaired) electrons. The highest BCUT2D eigenvalue weighted by atomic mass is 16.3. The van der Waals surface area contributed by atoms with E-state index in [1.165, 1.54) is 12.1 Å². The smallest absolute Gasteiger partial charge is 0.240 e. The normalized spacial score (nSPS) is 20.1. The molecule has 1 amide bonds. The number of nitrogens with zero attached hydrogens (tertiary/aromatic N) is 1. The van der Waals surface area contributed by atoms with Gasteiger partial charge in [0.2, 0.25) is 5.91 Å². The third-order valence-corrected chi connectivity index (χ3v) is 3.68. The number of phenolic OH excluding ortho intramolecular Hbond substituents is 2. The monoisotopic (exact) mass is 280 g/mol. The maximum absolute atomic E-state index is 12.2. The zero-order chi connectivity index (χ0) is 14.7. The fourth-order valence-corrected chi connectivity index (χ4v) is 2.57. The van der Waals surface area contributed by atoms with Crippen molar-refractivity contribution in [2.75, 3.05) is 13.2 Å². The van der Waals surface area contributed by atoms with Crippen LogP contribution in [-0.2, 0) is 11.2 Å². The Morgan fingerprint density at radius 1 is 1.40 bits per heavy atom. The molecular weight excluding hydrogens is 260 g/mol. The maximum Gasteiger partial charge on any atom is 0.240 e. The van der Waals surface area contributed by atoms with Gasteiger partial charge in [0.05, 0.1) is 18.7 Å². The average Bonchev–Trinajstić information content (AvgIpc) is 2.90. The predicted molar refractivity (Wildman–Crippen MR) is 73.3 cm³/mol. The van der Waals surface area contributed by atoms with Crippen LogP contribution < -0.4 is 5.73 Å². The Hall–Kier alpha value is -1.79. The first-order valence-corrected chi connectivity index (χ1v) is 6.70. The maximum atomic E-state index is 12.2. The van der Waals surface area contributed by atoms with Crippen LogP contribution in [-0.4, -0.2) is 51.4 Å². The molecule has 1 aromatic rings. The van der Waals surface area contributed by atoms with E-state index in [0.29, 0.717) is 12.1 Å². The van der Waals surface area contributed by atoms with Gasteiger partial charge in [0.1, 0.15) is 0 Å². The molecule has 0 spiro atoms. The van der Waals surface area contributed by atoms with Crippen LogP contribution in [0.2, 0.25) is 0 Å². The van der Waals surface area contributed by atoms with E-state index in [4.69, 9.17) is 5.73 Å². The van der Waals surface area contributed by atoms with Gasteiger partial charge < -0.3 is 26.0 Å². The summed E-state index contributed by atoms with van der Waals surface area (Å²) in [4.78, 5) is 13.9. The van der Waals surface area contributed by atoms with E-state index in [9.17, 15) is 20.1 Å². The van der Waals surface area contributed by atoms with Crippen LogP contribution in [0.25, 0.3) is 0 Å². The molecule has 1 aliphatic heterocycles. The molecule has 20 heavy (non-hydrogen) atoms. The van der Waals surface area contributed by atoms with Crippen LogP contribution in [0.15, 0.2) is 18.2 Å². The number of carbonyl (C=O) groups is 1. The number of aliphatic hydroxyl groups excluding tert-OH is 1. The van der Waals surface area contributed by atoms with Crippen molar-refractivity contribution in [1.82, 2.24) is 4.90 Å². The van der Waals surface area contributed by atoms with Gasteiger partial charge in [-0.25, -0.2) is 0 Å². The Kier molecular flexibility index (Phi) is 4.46. The van der Waals surface area contributed by atoms with Crippen LogP contribution in [0.1, 0.15) is 18.4 Å². The lowest BCUT2D eigenvalue weighted by Gasteiger charge is -2.26. The number of amides is 1. The Balaban J connectivity index is 2.02. The van der Waals surface area contributed by atoms with Crippen molar-refractivity contribution in [3.05, 3.63) is 23.8 Å². The van der Waals surface area contributed by atoms with Gasteiger partial charge in [-0.05, 0) is 37.0 Å². The molecule has 0 bridgehead atoms. The summed E-state index contributed by atoms with van der Waals surface area (Å²) in [5.41, 5.74) is 6.60. The number of hydrogen-bond donors (Lipinski definition) is 4. The summed E-state index contributed by atoms with van der Waals surface area (Å²) in [6.07, 6.45) is 1.96. The van der Waals surface area contributed by atoms with Gasteiger partial charge in [0, 0.05) is 6.54 Å². The summed E-state index contributed by atoms with van der Waals surface area (Å²) >= 11 is 0. The lowest BCUT2D eigenvalue weighted by molar-refractivity contribution is -0.134. The minimum absolute atomic E-state index is 0.0432. The highest BCUT2D eigenvalue weighted by molar-refractivity contribution is 5.82. The molecule has 6 nitrogen and oxygen atoms in total. The van der Waals surface area contributed by atoms with E-state index < -0.39 is 6.04 Å². The fourth-order valence-electron chi connectivity index (χ4n) is 2.57. The number of benzene rings is 1. The van der Waals surface area contributed by atoms with Crippen molar-refractivity contribution in [2.45, 2.75) is 31.3 Å². The second kappa shape index (κ2) is 6.11. The van der Waals surface area contributed by atoms with E-state index in [1.807, 2.05) is 0 Å². The number of likely N-dealkylation sites (tertiary alicyclic amines) is 1. The van der Waals surface area contributed by atoms with Crippen molar-refractivity contribution < 1.29 is 20.1 Å². The van der Waals surface area contributed by atoms with E-state index in [1.54, 1.807) is 11.0 Å². The lowest BCUT2D eigenvalue weighted by Crippen LogP contribution is -2.47. The van der Waals surface area contributed by atoms with Crippen LogP contribution in [0.3, 0.4) is 0 Å². The summed E-state index contributed by atoms with van der Waals surface area (Å²) in [5.74, 6) is -0.612. The van der Waals surface area contributed by atoms with Crippen LogP contribution >= 0.6 is 0 Å². The second-order valence-corrected chi connectivity index (χ2v) is 5.14. The summed E-state index contributed by atoms with van der Waals surface area (Å²) in [6, 6.07) is 3.53. The number of nitrogens with two attached hydrogens (primary N) is 1. The lowest BCUT2D eigenvalue weighted by atomic mass is 10.0. The first kappa shape index (κ1) is 14.6. The molecule has 0 aromatic heterocycles. The van der Waals surface area contributed by atoms with Crippen LogP contribution in [0.4, 0.5) is 0 Å². The Labute approximate surface area is 117 Å². The van der Waals surface area contributed by atoms with Gasteiger partial charge in [0.15, 0.2) is 11.5 Å². The van der Waals surface area contributed by atoms with Gasteiger partial charge in [0.25, 0.3) is 0 Å². The van der Waals surface area contributed by atoms with Crippen molar-refractivity contribution in [2.24, 2.45) is 5.73 Å². The Morgan fingerprint density at radius 2 is 2.15 bits per heavy atom. The zero-order valence-corrected chi connectivity index (χ0v) is 11.2. The molecule has 1 heterocycles. The number of aromatic hydroxyl groups is 2. The van der Waals surface area contributed by atoms with Gasteiger partial charge >= 0.3 is 0 Å². The summed E-state index contributed by atoms with van der Waals surface area (Å²) in [7, 11) is 0. The minimum atomic E-state index is -0.717. The largest absolute Gasteiger partial charge is 0.504 e. The SMILES string of the molecule is N[C@@H](Cc1ccc(O)c(O)c1)C(=O)N1CCCC1CO. The zero-order valence-electron chi connectivity index (χ0n) is 11.2. The number of rotatable bonds is 4. The molecule has 110 valence electrons. The van der Waals surface area contributed by atoms with E-state index in [2.05, 4.69) is 0 Å². The van der Waals surface area contributed by atoms with E-state index >= 15 is 0 Å².